The van der Waals surface area contributed by atoms with Gasteiger partial charge >= 0.3 is 5.97 Å². The molecule has 1 amide bonds. The second-order valence-electron chi connectivity index (χ2n) is 7.05. The number of carbonyl (C=O) groups excluding carboxylic acids is 2. The van der Waals surface area contributed by atoms with Crippen LogP contribution in [0.3, 0.4) is 0 Å². The molecule has 0 spiro atoms. The molecule has 134 valence electrons. The lowest BCUT2D eigenvalue weighted by atomic mass is 9.87. The number of anilines is 1. The Bertz CT molecular complexity index is 826. The number of hydrogen-bond acceptors (Lipinski definition) is 4. The van der Waals surface area contributed by atoms with Crippen molar-refractivity contribution in [2.45, 2.75) is 39.2 Å². The van der Waals surface area contributed by atoms with Gasteiger partial charge in [0.2, 0.25) is 0 Å². The van der Waals surface area contributed by atoms with Crippen molar-refractivity contribution in [3.05, 3.63) is 65.2 Å². The minimum Gasteiger partial charge on any atom is -0.449 e. The molecule has 1 atom stereocenters. The van der Waals surface area contributed by atoms with Gasteiger partial charge in [0.1, 0.15) is 0 Å². The predicted octanol–water partition coefficient (Wildman–Crippen LogP) is 4.04. The van der Waals surface area contributed by atoms with Gasteiger partial charge in [-0.2, -0.15) is 5.26 Å². The Morgan fingerprint density at radius 3 is 2.12 bits per heavy atom. The number of nitrogens with zero attached hydrogens (tertiary/aromatic N) is 1. The van der Waals surface area contributed by atoms with E-state index >= 15 is 0 Å². The number of nitrogens with one attached hydrogen (secondary N) is 1. The Labute approximate surface area is 153 Å². The zero-order chi connectivity index (χ0) is 19.3. The van der Waals surface area contributed by atoms with E-state index in [0.717, 1.165) is 5.56 Å². The number of carbonyl (C=O) groups is 2. The maximum Gasteiger partial charge on any atom is 0.338 e. The van der Waals surface area contributed by atoms with Gasteiger partial charge in [-0.15, -0.1) is 0 Å². The van der Waals surface area contributed by atoms with Crippen LogP contribution in [0.4, 0.5) is 5.69 Å². The second kappa shape index (κ2) is 7.83. The average Bonchev–Trinajstić information content (AvgIpc) is 2.61. The highest BCUT2D eigenvalue weighted by Crippen LogP contribution is 2.23. The molecule has 2 aromatic carbocycles. The van der Waals surface area contributed by atoms with E-state index in [-0.39, 0.29) is 11.0 Å². The van der Waals surface area contributed by atoms with Crippen molar-refractivity contribution in [2.75, 3.05) is 5.32 Å². The largest absolute Gasteiger partial charge is 0.449 e. The molecular weight excluding hydrogens is 328 g/mol. The molecule has 0 fully saturated rings. The summed E-state index contributed by atoms with van der Waals surface area (Å²) in [6.45, 7) is 7.86. The van der Waals surface area contributed by atoms with Crippen LogP contribution in [0.25, 0.3) is 0 Å². The van der Waals surface area contributed by atoms with Gasteiger partial charge < -0.3 is 10.1 Å². The minimum absolute atomic E-state index is 0.0342. The van der Waals surface area contributed by atoms with Crippen molar-refractivity contribution in [1.29, 1.82) is 5.26 Å². The van der Waals surface area contributed by atoms with Gasteiger partial charge in [-0.05, 0) is 54.3 Å². The molecule has 0 bridgehead atoms. The number of ether oxygens (including phenoxy) is 1. The molecule has 0 aromatic heterocycles. The van der Waals surface area contributed by atoms with E-state index in [1.807, 2.05) is 30.3 Å². The number of hydrogen-bond donors (Lipinski definition) is 1. The minimum atomic E-state index is -0.944. The SMILES string of the molecule is CC(OC(=O)c1ccc(C#N)cc1)C(=O)Nc1ccc(C(C)(C)C)cc1. The lowest BCUT2D eigenvalue weighted by molar-refractivity contribution is -0.123. The van der Waals surface area contributed by atoms with E-state index in [0.29, 0.717) is 11.3 Å². The van der Waals surface area contributed by atoms with Crippen LogP contribution in [0.1, 0.15) is 49.2 Å². The number of amides is 1. The highest BCUT2D eigenvalue weighted by molar-refractivity contribution is 5.97. The smallest absolute Gasteiger partial charge is 0.338 e. The van der Waals surface area contributed by atoms with Gasteiger partial charge in [0.05, 0.1) is 17.2 Å². The summed E-state index contributed by atoms with van der Waals surface area (Å²) in [5, 5.41) is 11.5. The topological polar surface area (TPSA) is 79.2 Å². The molecule has 0 radical (unpaired) electrons. The Hall–Kier alpha value is -3.13. The molecule has 1 unspecified atom stereocenters. The molecule has 0 saturated heterocycles. The van der Waals surface area contributed by atoms with E-state index in [2.05, 4.69) is 26.1 Å². The van der Waals surface area contributed by atoms with Gasteiger partial charge in [0, 0.05) is 5.69 Å². The van der Waals surface area contributed by atoms with Crippen LogP contribution in [0, 0.1) is 11.3 Å². The van der Waals surface area contributed by atoms with Crippen LogP contribution < -0.4 is 5.32 Å². The molecular formula is C21H22N2O3. The lowest BCUT2D eigenvalue weighted by Crippen LogP contribution is -2.30. The molecule has 0 heterocycles. The summed E-state index contributed by atoms with van der Waals surface area (Å²) in [6.07, 6.45) is -0.944. The molecule has 5 nitrogen and oxygen atoms in total. The van der Waals surface area contributed by atoms with E-state index in [4.69, 9.17) is 10.00 Å². The van der Waals surface area contributed by atoms with Gasteiger partial charge in [-0.1, -0.05) is 32.9 Å². The van der Waals surface area contributed by atoms with Crippen molar-refractivity contribution in [3.63, 3.8) is 0 Å². The first-order valence-electron chi connectivity index (χ1n) is 8.33. The summed E-state index contributed by atoms with van der Waals surface area (Å²) in [5.41, 5.74) is 2.58. The summed E-state index contributed by atoms with van der Waals surface area (Å²) >= 11 is 0. The Balaban J connectivity index is 1.96. The Kier molecular flexibility index (Phi) is 5.78. The summed E-state index contributed by atoms with van der Waals surface area (Å²) in [4.78, 5) is 24.3. The van der Waals surface area contributed by atoms with E-state index in [9.17, 15) is 9.59 Å². The number of rotatable bonds is 4. The van der Waals surface area contributed by atoms with Crippen LogP contribution in [0.2, 0.25) is 0 Å². The predicted molar refractivity (Wildman–Crippen MR) is 99.8 cm³/mol. The first-order valence-corrected chi connectivity index (χ1v) is 8.33. The zero-order valence-electron chi connectivity index (χ0n) is 15.4. The molecule has 0 aliphatic heterocycles. The molecule has 0 aliphatic carbocycles. The highest BCUT2D eigenvalue weighted by atomic mass is 16.5. The fourth-order valence-corrected chi connectivity index (χ4v) is 2.26. The summed E-state index contributed by atoms with van der Waals surface area (Å²) in [7, 11) is 0. The van der Waals surface area contributed by atoms with Crippen molar-refractivity contribution >= 4 is 17.6 Å². The normalized spacial score (nSPS) is 12.0. The maximum atomic E-state index is 12.2. The molecule has 1 N–H and O–H groups in total. The third kappa shape index (κ3) is 4.93. The van der Waals surface area contributed by atoms with Crippen LogP contribution in [0.15, 0.2) is 48.5 Å². The number of benzene rings is 2. The number of esters is 1. The summed E-state index contributed by atoms with van der Waals surface area (Å²) in [5.74, 6) is -1.02. The summed E-state index contributed by atoms with van der Waals surface area (Å²) in [6, 6.07) is 15.6. The molecule has 26 heavy (non-hydrogen) atoms. The van der Waals surface area contributed by atoms with Crippen molar-refractivity contribution in [2.24, 2.45) is 0 Å². The molecule has 0 aliphatic rings. The molecule has 5 heteroatoms. The second-order valence-corrected chi connectivity index (χ2v) is 7.05. The highest BCUT2D eigenvalue weighted by Gasteiger charge is 2.19. The van der Waals surface area contributed by atoms with Crippen LogP contribution in [0.5, 0.6) is 0 Å². The van der Waals surface area contributed by atoms with Crippen molar-refractivity contribution in [1.82, 2.24) is 0 Å². The quantitative estimate of drug-likeness (QED) is 0.844. The van der Waals surface area contributed by atoms with Gasteiger partial charge in [0.15, 0.2) is 6.10 Å². The Morgan fingerprint density at radius 1 is 1.04 bits per heavy atom. The standard InChI is InChI=1S/C21H22N2O3/c1-14(26-20(25)16-7-5-15(13-22)6-8-16)19(24)23-18-11-9-17(10-12-18)21(2,3)4/h5-12,14H,1-4H3,(H,23,24). The Morgan fingerprint density at radius 2 is 1.62 bits per heavy atom. The van der Waals surface area contributed by atoms with E-state index in [1.165, 1.54) is 31.2 Å². The van der Waals surface area contributed by atoms with Crippen molar-refractivity contribution < 1.29 is 14.3 Å². The van der Waals surface area contributed by atoms with Gasteiger partial charge in [-0.3, -0.25) is 4.79 Å². The monoisotopic (exact) mass is 350 g/mol. The zero-order valence-corrected chi connectivity index (χ0v) is 15.4. The first-order chi connectivity index (χ1) is 12.2. The third-order valence-corrected chi connectivity index (χ3v) is 3.92. The fraction of sp³-hybridized carbons (Fsp3) is 0.286. The first kappa shape index (κ1) is 19.2. The molecule has 2 aromatic rings. The number of nitriles is 1. The lowest BCUT2D eigenvalue weighted by Gasteiger charge is -2.19. The van der Waals surface area contributed by atoms with Crippen LogP contribution in [-0.4, -0.2) is 18.0 Å². The van der Waals surface area contributed by atoms with Crippen molar-refractivity contribution in [3.8, 4) is 6.07 Å². The maximum absolute atomic E-state index is 12.2. The average molecular weight is 350 g/mol. The third-order valence-electron chi connectivity index (χ3n) is 3.92. The molecule has 0 saturated carbocycles. The molecule has 2 rings (SSSR count). The van der Waals surface area contributed by atoms with Gasteiger partial charge in [0.25, 0.3) is 5.91 Å². The van der Waals surface area contributed by atoms with Gasteiger partial charge in [-0.25, -0.2) is 4.79 Å². The van der Waals surface area contributed by atoms with Crippen LogP contribution >= 0.6 is 0 Å². The van der Waals surface area contributed by atoms with Crippen LogP contribution in [-0.2, 0) is 14.9 Å². The fourth-order valence-electron chi connectivity index (χ4n) is 2.26. The van der Waals surface area contributed by atoms with E-state index in [1.54, 1.807) is 0 Å². The summed E-state index contributed by atoms with van der Waals surface area (Å²) < 4.78 is 5.19. The van der Waals surface area contributed by atoms with E-state index < -0.39 is 18.0 Å².